The van der Waals surface area contributed by atoms with E-state index in [1.807, 2.05) is 34.6 Å². The van der Waals surface area contributed by atoms with E-state index in [9.17, 15) is 16.8 Å². The number of benzene rings is 2. The Kier molecular flexibility index (Phi) is 17.6. The SMILES string of the molecule is C.C.C.CC.CC.Cc1ccc(S(=O)(=O)c2ccc(S(C)(=O)=O)cc2)cc1. The first-order valence-corrected chi connectivity index (χ1v) is 11.2. The van der Waals surface area contributed by atoms with Crippen molar-refractivity contribution in [3.8, 4) is 0 Å². The molecule has 0 amide bonds. The van der Waals surface area contributed by atoms with Crippen LogP contribution in [0.25, 0.3) is 0 Å². The fraction of sp³-hybridized carbons (Fsp3) is 0.429. The van der Waals surface area contributed by atoms with Crippen LogP contribution in [0.4, 0.5) is 0 Å². The molecule has 0 aliphatic carbocycles. The third-order valence-electron chi connectivity index (χ3n) is 2.89. The van der Waals surface area contributed by atoms with Gasteiger partial charge in [0.25, 0.3) is 0 Å². The van der Waals surface area contributed by atoms with Gasteiger partial charge in [-0.1, -0.05) is 67.7 Å². The van der Waals surface area contributed by atoms with E-state index >= 15 is 0 Å². The van der Waals surface area contributed by atoms with Gasteiger partial charge in [0.2, 0.25) is 9.84 Å². The Bertz CT molecular complexity index is 819. The molecule has 4 nitrogen and oxygen atoms in total. The van der Waals surface area contributed by atoms with Gasteiger partial charge in [-0.05, 0) is 43.3 Å². The van der Waals surface area contributed by atoms with Crippen molar-refractivity contribution < 1.29 is 16.8 Å². The highest BCUT2D eigenvalue weighted by Crippen LogP contribution is 2.22. The van der Waals surface area contributed by atoms with Crippen molar-refractivity contribution in [2.24, 2.45) is 0 Å². The summed E-state index contributed by atoms with van der Waals surface area (Å²) in [6, 6.07) is 11.7. The Balaban J connectivity index is -0.000000354. The van der Waals surface area contributed by atoms with Gasteiger partial charge in [0, 0.05) is 6.26 Å². The highest BCUT2D eigenvalue weighted by Gasteiger charge is 2.18. The molecule has 0 bridgehead atoms. The lowest BCUT2D eigenvalue weighted by molar-refractivity contribution is 0.594. The number of sulfone groups is 2. The maximum absolute atomic E-state index is 12.4. The molecule has 0 aliphatic heterocycles. The minimum Gasteiger partial charge on any atom is -0.224 e. The Morgan fingerprint density at radius 2 is 0.815 bits per heavy atom. The van der Waals surface area contributed by atoms with Crippen LogP contribution in [0.5, 0.6) is 0 Å². The normalized spacial score (nSPS) is 9.56. The molecule has 0 N–H and O–H groups in total. The van der Waals surface area contributed by atoms with E-state index in [1.54, 1.807) is 12.1 Å². The van der Waals surface area contributed by atoms with Crippen LogP contribution in [-0.4, -0.2) is 23.1 Å². The van der Waals surface area contributed by atoms with Gasteiger partial charge in [0.15, 0.2) is 9.84 Å². The Morgan fingerprint density at radius 1 is 0.556 bits per heavy atom. The van der Waals surface area contributed by atoms with Crippen LogP contribution in [0.2, 0.25) is 0 Å². The number of aryl methyl sites for hydroxylation is 1. The van der Waals surface area contributed by atoms with Gasteiger partial charge in [-0.3, -0.25) is 0 Å². The lowest BCUT2D eigenvalue weighted by Gasteiger charge is -2.06. The predicted octanol–water partition coefficient (Wildman–Crippen LogP) is 6.19. The third-order valence-corrected chi connectivity index (χ3v) is 5.81. The van der Waals surface area contributed by atoms with E-state index in [0.717, 1.165) is 11.8 Å². The van der Waals surface area contributed by atoms with Crippen molar-refractivity contribution in [1.82, 2.24) is 0 Å². The quantitative estimate of drug-likeness (QED) is 0.596. The van der Waals surface area contributed by atoms with Gasteiger partial charge >= 0.3 is 0 Å². The molecule has 0 radical (unpaired) electrons. The molecule has 6 heteroatoms. The molecule has 158 valence electrons. The second-order valence-electron chi connectivity index (χ2n) is 4.56. The monoisotopic (exact) mass is 418 g/mol. The topological polar surface area (TPSA) is 68.3 Å². The zero-order valence-corrected chi connectivity index (χ0v) is 16.7. The first kappa shape index (κ1) is 33.0. The second-order valence-corrected chi connectivity index (χ2v) is 8.53. The Morgan fingerprint density at radius 3 is 1.11 bits per heavy atom. The fourth-order valence-corrected chi connectivity index (χ4v) is 3.61. The van der Waals surface area contributed by atoms with Gasteiger partial charge in [-0.2, -0.15) is 0 Å². The van der Waals surface area contributed by atoms with E-state index in [1.165, 1.54) is 36.4 Å². The van der Waals surface area contributed by atoms with Crippen molar-refractivity contribution >= 4 is 19.7 Å². The predicted molar refractivity (Wildman–Crippen MR) is 119 cm³/mol. The summed E-state index contributed by atoms with van der Waals surface area (Å²) in [4.78, 5) is 0.365. The molecule has 27 heavy (non-hydrogen) atoms. The molecule has 0 unspecified atom stereocenters. The molecule has 2 aromatic carbocycles. The molecule has 2 aromatic rings. The van der Waals surface area contributed by atoms with Crippen LogP contribution >= 0.6 is 0 Å². The van der Waals surface area contributed by atoms with E-state index in [4.69, 9.17) is 0 Å². The van der Waals surface area contributed by atoms with E-state index in [-0.39, 0.29) is 37.0 Å². The van der Waals surface area contributed by atoms with Gasteiger partial charge < -0.3 is 0 Å². The van der Waals surface area contributed by atoms with Crippen molar-refractivity contribution in [2.75, 3.05) is 6.26 Å². The van der Waals surface area contributed by atoms with Gasteiger partial charge in [-0.25, -0.2) is 16.8 Å². The molecule has 0 spiro atoms. The summed E-state index contributed by atoms with van der Waals surface area (Å²) in [6.07, 6.45) is 1.08. The highest BCUT2D eigenvalue weighted by molar-refractivity contribution is 7.91. The molecule has 0 saturated heterocycles. The molecule has 0 aliphatic rings. The second kappa shape index (κ2) is 14.4. The van der Waals surface area contributed by atoms with Crippen LogP contribution < -0.4 is 0 Å². The largest absolute Gasteiger partial charge is 0.224 e. The zero-order chi connectivity index (χ0) is 19.0. The van der Waals surface area contributed by atoms with Crippen LogP contribution in [0, 0.1) is 6.92 Å². The molecule has 2 rings (SSSR count). The van der Waals surface area contributed by atoms with Crippen LogP contribution in [0.15, 0.2) is 63.2 Å². The summed E-state index contributed by atoms with van der Waals surface area (Å²) in [5.74, 6) is 0. The maximum Gasteiger partial charge on any atom is 0.206 e. The van der Waals surface area contributed by atoms with Gasteiger partial charge in [0.1, 0.15) is 0 Å². The van der Waals surface area contributed by atoms with Crippen molar-refractivity contribution in [3.63, 3.8) is 0 Å². The molecular weight excluding hydrogens is 380 g/mol. The van der Waals surface area contributed by atoms with Crippen molar-refractivity contribution in [1.29, 1.82) is 0 Å². The minimum absolute atomic E-state index is 0. The molecule has 0 heterocycles. The zero-order valence-electron chi connectivity index (χ0n) is 15.1. The van der Waals surface area contributed by atoms with E-state index in [2.05, 4.69) is 0 Å². The molecule has 0 saturated carbocycles. The molecule has 0 atom stereocenters. The summed E-state index contributed by atoms with van der Waals surface area (Å²) in [7, 11) is -6.94. The smallest absolute Gasteiger partial charge is 0.206 e. The highest BCUT2D eigenvalue weighted by atomic mass is 32.2. The summed E-state index contributed by atoms with van der Waals surface area (Å²) >= 11 is 0. The third kappa shape index (κ3) is 9.20. The average Bonchev–Trinajstić information content (AvgIpc) is 2.58. The molecular formula is C21H38O4S2. The van der Waals surface area contributed by atoms with Crippen LogP contribution in [0.3, 0.4) is 0 Å². The summed E-state index contributed by atoms with van der Waals surface area (Å²) in [5, 5.41) is 0. The van der Waals surface area contributed by atoms with Crippen LogP contribution in [-0.2, 0) is 19.7 Å². The minimum atomic E-state index is -3.61. The number of hydrogen-bond donors (Lipinski definition) is 0. The Labute approximate surface area is 168 Å². The number of rotatable bonds is 3. The first-order chi connectivity index (χ1) is 11.2. The lowest BCUT2D eigenvalue weighted by atomic mass is 10.2. The first-order valence-electron chi connectivity index (χ1n) is 7.83. The maximum atomic E-state index is 12.4. The van der Waals surface area contributed by atoms with E-state index < -0.39 is 19.7 Å². The van der Waals surface area contributed by atoms with E-state index in [0.29, 0.717) is 0 Å². The molecule has 0 aromatic heterocycles. The summed E-state index contributed by atoms with van der Waals surface area (Å²) in [6.45, 7) is 9.87. The van der Waals surface area contributed by atoms with Crippen molar-refractivity contribution in [2.45, 2.75) is 71.6 Å². The average molecular weight is 419 g/mol. The fourth-order valence-electron chi connectivity index (χ4n) is 1.72. The summed E-state index contributed by atoms with van der Waals surface area (Å²) < 4.78 is 47.4. The van der Waals surface area contributed by atoms with Crippen LogP contribution in [0.1, 0.15) is 55.5 Å². The van der Waals surface area contributed by atoms with Gasteiger partial charge in [-0.15, -0.1) is 0 Å². The number of hydrogen-bond acceptors (Lipinski definition) is 4. The molecule has 0 fully saturated rings. The van der Waals surface area contributed by atoms with Gasteiger partial charge in [0.05, 0.1) is 14.7 Å². The van der Waals surface area contributed by atoms with Crippen molar-refractivity contribution in [3.05, 3.63) is 54.1 Å². The summed E-state index contributed by atoms with van der Waals surface area (Å²) in [5.41, 5.74) is 0.969. The standard InChI is InChI=1S/C14H14O4S2.2C2H6.3CH4/c1-11-3-5-13(6-4-11)20(17,18)14-9-7-12(8-10-14)19(2,15)16;2*1-2;;;/h3-10H,1-2H3;2*1-2H3;3*1H4. The Hall–Kier alpha value is -1.66. The lowest BCUT2D eigenvalue weighted by Crippen LogP contribution is -2.03.